The number of carbonyl (C=O) groups excluding carboxylic acids is 2. The Morgan fingerprint density at radius 1 is 1.00 bits per heavy atom. The van der Waals surface area contributed by atoms with Crippen LogP contribution >= 0.6 is 0 Å². The Labute approximate surface area is 185 Å². The SMILES string of the molecule is CNc1nc(C2CCN(CC(=O)N3CCC(C)CC3)CC2)nc2c1CN(C(C)=O)CC2. The Hall–Kier alpha value is -2.22. The highest BCUT2D eigenvalue weighted by Gasteiger charge is 2.29. The van der Waals surface area contributed by atoms with Crippen LogP contribution in [0.4, 0.5) is 5.82 Å². The van der Waals surface area contributed by atoms with Crippen LogP contribution in [0.25, 0.3) is 0 Å². The number of carbonyl (C=O) groups is 2. The first-order valence-electron chi connectivity index (χ1n) is 11.8. The van der Waals surface area contributed by atoms with Gasteiger partial charge in [0.2, 0.25) is 11.8 Å². The molecule has 0 spiro atoms. The van der Waals surface area contributed by atoms with Gasteiger partial charge in [-0.3, -0.25) is 14.5 Å². The number of rotatable bonds is 4. The predicted octanol–water partition coefficient (Wildman–Crippen LogP) is 1.86. The zero-order valence-electron chi connectivity index (χ0n) is 19.2. The highest BCUT2D eigenvalue weighted by atomic mass is 16.2. The molecule has 0 aromatic carbocycles. The summed E-state index contributed by atoms with van der Waals surface area (Å²) >= 11 is 0. The van der Waals surface area contributed by atoms with Gasteiger partial charge in [0.05, 0.1) is 18.8 Å². The predicted molar refractivity (Wildman–Crippen MR) is 120 cm³/mol. The molecule has 2 saturated heterocycles. The molecular formula is C23H36N6O2. The van der Waals surface area contributed by atoms with E-state index in [1.54, 1.807) is 6.92 Å². The highest BCUT2D eigenvalue weighted by Crippen LogP contribution is 2.30. The molecule has 4 rings (SSSR count). The lowest BCUT2D eigenvalue weighted by Crippen LogP contribution is -2.45. The average Bonchev–Trinajstić information content (AvgIpc) is 2.78. The molecule has 170 valence electrons. The monoisotopic (exact) mass is 428 g/mol. The number of fused-ring (bicyclic) bond motifs is 1. The van der Waals surface area contributed by atoms with E-state index in [-0.39, 0.29) is 11.8 Å². The molecule has 31 heavy (non-hydrogen) atoms. The number of anilines is 1. The van der Waals surface area contributed by atoms with Crippen molar-refractivity contribution in [3.8, 4) is 0 Å². The first kappa shape index (κ1) is 22.0. The van der Waals surface area contributed by atoms with Crippen LogP contribution in [-0.4, -0.2) is 82.8 Å². The van der Waals surface area contributed by atoms with Gasteiger partial charge in [-0.15, -0.1) is 0 Å². The van der Waals surface area contributed by atoms with E-state index in [0.717, 1.165) is 93.6 Å². The van der Waals surface area contributed by atoms with Crippen molar-refractivity contribution in [2.75, 3.05) is 51.6 Å². The second-order valence-corrected chi connectivity index (χ2v) is 9.41. The second-order valence-electron chi connectivity index (χ2n) is 9.41. The van der Waals surface area contributed by atoms with Gasteiger partial charge in [0.25, 0.3) is 0 Å². The Balaban J connectivity index is 1.35. The van der Waals surface area contributed by atoms with Gasteiger partial charge >= 0.3 is 0 Å². The summed E-state index contributed by atoms with van der Waals surface area (Å²) in [6.07, 6.45) is 4.99. The van der Waals surface area contributed by atoms with Crippen molar-refractivity contribution in [1.29, 1.82) is 0 Å². The Morgan fingerprint density at radius 2 is 1.71 bits per heavy atom. The topological polar surface area (TPSA) is 81.7 Å². The number of piperidine rings is 2. The fourth-order valence-electron chi connectivity index (χ4n) is 4.99. The number of nitrogens with zero attached hydrogens (tertiary/aromatic N) is 5. The number of amides is 2. The van der Waals surface area contributed by atoms with Gasteiger partial charge < -0.3 is 15.1 Å². The van der Waals surface area contributed by atoms with Gasteiger partial charge in [0.1, 0.15) is 11.6 Å². The Kier molecular flexibility index (Phi) is 6.74. The molecule has 2 amide bonds. The molecule has 0 unspecified atom stereocenters. The van der Waals surface area contributed by atoms with Gasteiger partial charge in [-0.05, 0) is 44.7 Å². The van der Waals surface area contributed by atoms with Gasteiger partial charge in [0, 0.05) is 51.5 Å². The number of nitrogens with one attached hydrogen (secondary N) is 1. The van der Waals surface area contributed by atoms with E-state index in [9.17, 15) is 9.59 Å². The summed E-state index contributed by atoms with van der Waals surface area (Å²) in [6.45, 7) is 9.37. The van der Waals surface area contributed by atoms with Crippen LogP contribution in [0, 0.1) is 5.92 Å². The van der Waals surface area contributed by atoms with E-state index >= 15 is 0 Å². The maximum atomic E-state index is 12.7. The van der Waals surface area contributed by atoms with E-state index in [2.05, 4.69) is 17.1 Å². The van der Waals surface area contributed by atoms with Crippen molar-refractivity contribution in [2.45, 2.75) is 58.4 Å². The molecule has 3 aliphatic rings. The lowest BCUT2D eigenvalue weighted by atomic mass is 9.95. The minimum atomic E-state index is 0.0952. The van der Waals surface area contributed by atoms with Gasteiger partial charge in [-0.1, -0.05) is 6.92 Å². The highest BCUT2D eigenvalue weighted by molar-refractivity contribution is 5.78. The van der Waals surface area contributed by atoms with Crippen molar-refractivity contribution in [3.63, 3.8) is 0 Å². The third-order valence-electron chi connectivity index (χ3n) is 7.21. The standard InChI is InChI=1S/C23H36N6O2/c1-16-4-11-28(12-5-16)21(31)15-27-9-6-18(7-10-27)22-25-20-8-13-29(17(2)30)14-19(20)23(24-3)26-22/h16,18H,4-15H2,1-3H3,(H,24,25,26). The van der Waals surface area contributed by atoms with Crippen LogP contribution in [0.1, 0.15) is 62.5 Å². The molecule has 4 heterocycles. The van der Waals surface area contributed by atoms with Gasteiger partial charge in [-0.2, -0.15) is 0 Å². The molecule has 1 aromatic rings. The molecule has 0 radical (unpaired) electrons. The van der Waals surface area contributed by atoms with Crippen molar-refractivity contribution in [3.05, 3.63) is 17.1 Å². The minimum Gasteiger partial charge on any atom is -0.373 e. The van der Waals surface area contributed by atoms with Crippen LogP contribution < -0.4 is 5.32 Å². The lowest BCUT2D eigenvalue weighted by Gasteiger charge is -2.35. The molecule has 0 atom stereocenters. The smallest absolute Gasteiger partial charge is 0.236 e. The van der Waals surface area contributed by atoms with E-state index in [1.165, 1.54) is 0 Å². The van der Waals surface area contributed by atoms with E-state index in [4.69, 9.17) is 9.97 Å². The summed E-state index contributed by atoms with van der Waals surface area (Å²) in [5.74, 6) is 3.20. The maximum absolute atomic E-state index is 12.7. The molecule has 8 heteroatoms. The minimum absolute atomic E-state index is 0.0952. The fraction of sp³-hybridized carbons (Fsp3) is 0.739. The van der Waals surface area contributed by atoms with E-state index in [1.807, 2.05) is 16.8 Å². The lowest BCUT2D eigenvalue weighted by molar-refractivity contribution is -0.134. The Bertz CT molecular complexity index is 795. The molecule has 8 nitrogen and oxygen atoms in total. The molecule has 0 aliphatic carbocycles. The zero-order valence-corrected chi connectivity index (χ0v) is 19.2. The van der Waals surface area contributed by atoms with Gasteiger partial charge in [-0.25, -0.2) is 9.97 Å². The Morgan fingerprint density at radius 3 is 2.35 bits per heavy atom. The first-order chi connectivity index (χ1) is 14.9. The van der Waals surface area contributed by atoms with Crippen LogP contribution in [0.3, 0.4) is 0 Å². The summed E-state index contributed by atoms with van der Waals surface area (Å²) in [7, 11) is 1.88. The zero-order chi connectivity index (χ0) is 22.0. The second kappa shape index (κ2) is 9.51. The third-order valence-corrected chi connectivity index (χ3v) is 7.21. The average molecular weight is 429 g/mol. The number of hydrogen-bond donors (Lipinski definition) is 1. The molecule has 1 N–H and O–H groups in total. The van der Waals surface area contributed by atoms with E-state index < -0.39 is 0 Å². The molecule has 2 fully saturated rings. The quantitative estimate of drug-likeness (QED) is 0.788. The number of aromatic nitrogens is 2. The van der Waals surface area contributed by atoms with Crippen LogP contribution in [0.5, 0.6) is 0 Å². The van der Waals surface area contributed by atoms with Crippen molar-refractivity contribution in [1.82, 2.24) is 24.7 Å². The molecular weight excluding hydrogens is 392 g/mol. The number of likely N-dealkylation sites (tertiary alicyclic amines) is 2. The van der Waals surface area contributed by atoms with E-state index in [0.29, 0.717) is 19.0 Å². The summed E-state index contributed by atoms with van der Waals surface area (Å²) in [5.41, 5.74) is 2.12. The summed E-state index contributed by atoms with van der Waals surface area (Å²) < 4.78 is 0. The first-order valence-corrected chi connectivity index (χ1v) is 11.8. The molecule has 1 aromatic heterocycles. The third kappa shape index (κ3) is 5.00. The number of hydrogen-bond acceptors (Lipinski definition) is 6. The molecule has 3 aliphatic heterocycles. The largest absolute Gasteiger partial charge is 0.373 e. The molecule has 0 saturated carbocycles. The summed E-state index contributed by atoms with van der Waals surface area (Å²) in [6, 6.07) is 0. The van der Waals surface area contributed by atoms with Crippen LogP contribution in [-0.2, 0) is 22.6 Å². The van der Waals surface area contributed by atoms with Gasteiger partial charge in [0.15, 0.2) is 0 Å². The normalized spacial score (nSPS) is 21.1. The maximum Gasteiger partial charge on any atom is 0.236 e. The molecule has 0 bridgehead atoms. The van der Waals surface area contributed by atoms with Crippen LogP contribution in [0.2, 0.25) is 0 Å². The van der Waals surface area contributed by atoms with Crippen molar-refractivity contribution >= 4 is 17.6 Å². The summed E-state index contributed by atoms with van der Waals surface area (Å²) in [5, 5.41) is 3.22. The van der Waals surface area contributed by atoms with Crippen LogP contribution in [0.15, 0.2) is 0 Å². The van der Waals surface area contributed by atoms with Crippen molar-refractivity contribution < 1.29 is 9.59 Å². The fourth-order valence-corrected chi connectivity index (χ4v) is 4.99. The van der Waals surface area contributed by atoms with Crippen molar-refractivity contribution in [2.24, 2.45) is 5.92 Å². The summed E-state index contributed by atoms with van der Waals surface area (Å²) in [4.78, 5) is 40.4.